The third kappa shape index (κ3) is 3.36. The van der Waals surface area contributed by atoms with Gasteiger partial charge in [-0.25, -0.2) is 0 Å². The van der Waals surface area contributed by atoms with Crippen molar-refractivity contribution in [3.63, 3.8) is 0 Å². The standard InChI is InChI=1S/C22H18N2O/c25-22(18-6-8-21(9-7-18)24-13-1-2-14-24)10-4-17-3-5-20-16-23-12-11-19(20)15-17/h1,3-13,15-16H,2,14H2/b10-4+. The first kappa shape index (κ1) is 15.3. The average Bonchev–Trinajstić information content (AvgIpc) is 3.21. The highest BCUT2D eigenvalue weighted by molar-refractivity contribution is 6.07. The molecule has 3 heteroatoms. The number of carbonyl (C=O) groups excluding carboxylic acids is 1. The molecule has 3 aromatic rings. The average molecular weight is 326 g/mol. The van der Waals surface area contributed by atoms with Gasteiger partial charge in [0.2, 0.25) is 0 Å². The normalized spacial score (nSPS) is 13.8. The molecule has 4 rings (SSSR count). The predicted molar refractivity (Wildman–Crippen MR) is 103 cm³/mol. The molecule has 0 saturated heterocycles. The molecule has 0 aliphatic carbocycles. The molecule has 0 fully saturated rings. The molecule has 0 N–H and O–H groups in total. The van der Waals surface area contributed by atoms with Crippen molar-refractivity contribution >= 4 is 28.3 Å². The molecule has 2 heterocycles. The maximum absolute atomic E-state index is 12.4. The van der Waals surface area contributed by atoms with Crippen molar-refractivity contribution in [3.8, 4) is 0 Å². The number of aromatic nitrogens is 1. The van der Waals surface area contributed by atoms with E-state index in [9.17, 15) is 4.79 Å². The Morgan fingerprint density at radius 2 is 1.92 bits per heavy atom. The largest absolute Gasteiger partial charge is 0.348 e. The van der Waals surface area contributed by atoms with Gasteiger partial charge in [0, 0.05) is 41.8 Å². The molecular weight excluding hydrogens is 308 g/mol. The Morgan fingerprint density at radius 3 is 2.72 bits per heavy atom. The van der Waals surface area contributed by atoms with Crippen molar-refractivity contribution < 1.29 is 4.79 Å². The summed E-state index contributed by atoms with van der Waals surface area (Å²) >= 11 is 0. The first-order valence-electron chi connectivity index (χ1n) is 8.39. The molecule has 2 aromatic carbocycles. The molecule has 0 spiro atoms. The van der Waals surface area contributed by atoms with Crippen LogP contribution in [-0.4, -0.2) is 17.3 Å². The molecule has 1 aliphatic heterocycles. The van der Waals surface area contributed by atoms with E-state index in [-0.39, 0.29) is 5.78 Å². The highest BCUT2D eigenvalue weighted by Crippen LogP contribution is 2.20. The molecule has 0 amide bonds. The lowest BCUT2D eigenvalue weighted by molar-refractivity contribution is 0.104. The van der Waals surface area contributed by atoms with Crippen molar-refractivity contribution in [2.75, 3.05) is 11.4 Å². The summed E-state index contributed by atoms with van der Waals surface area (Å²) in [6.45, 7) is 1.00. The number of fused-ring (bicyclic) bond motifs is 1. The number of nitrogens with zero attached hydrogens (tertiary/aromatic N) is 2. The first-order chi connectivity index (χ1) is 12.3. The van der Waals surface area contributed by atoms with E-state index in [1.807, 2.05) is 54.7 Å². The van der Waals surface area contributed by atoms with Gasteiger partial charge < -0.3 is 4.90 Å². The zero-order valence-electron chi connectivity index (χ0n) is 13.8. The van der Waals surface area contributed by atoms with E-state index >= 15 is 0 Å². The van der Waals surface area contributed by atoms with Crippen molar-refractivity contribution in [2.45, 2.75) is 6.42 Å². The Bertz CT molecular complexity index is 971. The topological polar surface area (TPSA) is 33.2 Å². The fraction of sp³-hybridized carbons (Fsp3) is 0.0909. The summed E-state index contributed by atoms with van der Waals surface area (Å²) in [5.74, 6) is 0.0124. The van der Waals surface area contributed by atoms with Crippen molar-refractivity contribution in [3.05, 3.63) is 90.4 Å². The molecule has 0 radical (unpaired) electrons. The van der Waals surface area contributed by atoms with Crippen LogP contribution in [0.1, 0.15) is 22.3 Å². The Morgan fingerprint density at radius 1 is 1.04 bits per heavy atom. The molecule has 0 bridgehead atoms. The lowest BCUT2D eigenvalue weighted by Gasteiger charge is -2.15. The van der Waals surface area contributed by atoms with Gasteiger partial charge in [0.1, 0.15) is 0 Å². The molecular formula is C22H18N2O. The number of ketones is 1. The van der Waals surface area contributed by atoms with Crippen LogP contribution in [0.5, 0.6) is 0 Å². The van der Waals surface area contributed by atoms with Crippen LogP contribution < -0.4 is 4.90 Å². The summed E-state index contributed by atoms with van der Waals surface area (Å²) in [6.07, 6.45) is 12.4. The monoisotopic (exact) mass is 326 g/mol. The second-order valence-electron chi connectivity index (χ2n) is 6.09. The molecule has 0 unspecified atom stereocenters. The zero-order valence-corrected chi connectivity index (χ0v) is 13.8. The minimum atomic E-state index is 0.0124. The first-order valence-corrected chi connectivity index (χ1v) is 8.39. The van der Waals surface area contributed by atoms with Crippen LogP contribution in [0, 0.1) is 0 Å². The summed E-state index contributed by atoms with van der Waals surface area (Å²) in [4.78, 5) is 18.7. The van der Waals surface area contributed by atoms with E-state index in [1.54, 1.807) is 12.3 Å². The highest BCUT2D eigenvalue weighted by Gasteiger charge is 2.08. The zero-order chi connectivity index (χ0) is 17.1. The molecule has 3 nitrogen and oxygen atoms in total. The summed E-state index contributed by atoms with van der Waals surface area (Å²) in [5, 5.41) is 2.21. The fourth-order valence-corrected chi connectivity index (χ4v) is 3.00. The maximum Gasteiger partial charge on any atom is 0.185 e. The van der Waals surface area contributed by atoms with Gasteiger partial charge >= 0.3 is 0 Å². The number of anilines is 1. The van der Waals surface area contributed by atoms with E-state index in [0.29, 0.717) is 5.56 Å². The van der Waals surface area contributed by atoms with Gasteiger partial charge in [0.15, 0.2) is 5.78 Å². The van der Waals surface area contributed by atoms with E-state index in [1.165, 1.54) is 0 Å². The Hall–Kier alpha value is -3.20. The quantitative estimate of drug-likeness (QED) is 0.507. The van der Waals surface area contributed by atoms with Gasteiger partial charge in [0.05, 0.1) is 0 Å². The Labute approximate surface area is 146 Å². The number of hydrogen-bond acceptors (Lipinski definition) is 3. The lowest BCUT2D eigenvalue weighted by atomic mass is 10.1. The number of hydrogen-bond donors (Lipinski definition) is 0. The summed E-state index contributed by atoms with van der Waals surface area (Å²) in [5.41, 5.74) is 2.83. The summed E-state index contributed by atoms with van der Waals surface area (Å²) in [7, 11) is 0. The third-order valence-electron chi connectivity index (χ3n) is 4.40. The number of carbonyl (C=O) groups is 1. The van der Waals surface area contributed by atoms with Gasteiger partial charge in [-0.2, -0.15) is 0 Å². The SMILES string of the molecule is O=C(/C=C/c1ccc2cnccc2c1)c1ccc(N2C=CCC2)cc1. The molecule has 0 saturated carbocycles. The Balaban J connectivity index is 1.50. The van der Waals surface area contributed by atoms with Gasteiger partial charge in [0.25, 0.3) is 0 Å². The van der Waals surface area contributed by atoms with Crippen molar-refractivity contribution in [1.82, 2.24) is 4.98 Å². The Kier molecular flexibility index (Phi) is 4.13. The van der Waals surface area contributed by atoms with Crippen LogP contribution in [0.2, 0.25) is 0 Å². The minimum Gasteiger partial charge on any atom is -0.348 e. The van der Waals surface area contributed by atoms with Gasteiger partial charge in [-0.1, -0.05) is 24.3 Å². The van der Waals surface area contributed by atoms with Gasteiger partial charge in [-0.15, -0.1) is 0 Å². The summed E-state index contributed by atoms with van der Waals surface area (Å²) < 4.78 is 0. The minimum absolute atomic E-state index is 0.0124. The second kappa shape index (κ2) is 6.73. The van der Waals surface area contributed by atoms with Crippen LogP contribution in [-0.2, 0) is 0 Å². The molecule has 122 valence electrons. The number of benzene rings is 2. The van der Waals surface area contributed by atoms with E-state index in [4.69, 9.17) is 0 Å². The third-order valence-corrected chi connectivity index (χ3v) is 4.40. The van der Waals surface area contributed by atoms with Crippen LogP contribution in [0.3, 0.4) is 0 Å². The number of pyridine rings is 1. The van der Waals surface area contributed by atoms with Crippen LogP contribution in [0.15, 0.2) is 79.3 Å². The smallest absolute Gasteiger partial charge is 0.185 e. The molecule has 25 heavy (non-hydrogen) atoms. The maximum atomic E-state index is 12.4. The van der Waals surface area contributed by atoms with E-state index < -0.39 is 0 Å². The predicted octanol–water partition coefficient (Wildman–Crippen LogP) is 4.85. The van der Waals surface area contributed by atoms with Gasteiger partial charge in [-0.3, -0.25) is 9.78 Å². The number of rotatable bonds is 4. The summed E-state index contributed by atoms with van der Waals surface area (Å²) in [6, 6.07) is 15.8. The van der Waals surface area contributed by atoms with Crippen LogP contribution >= 0.6 is 0 Å². The van der Waals surface area contributed by atoms with Crippen LogP contribution in [0.4, 0.5) is 5.69 Å². The fourth-order valence-electron chi connectivity index (χ4n) is 3.00. The van der Waals surface area contributed by atoms with Crippen molar-refractivity contribution in [2.24, 2.45) is 0 Å². The van der Waals surface area contributed by atoms with E-state index in [0.717, 1.165) is 35.0 Å². The van der Waals surface area contributed by atoms with Crippen molar-refractivity contribution in [1.29, 1.82) is 0 Å². The lowest BCUT2D eigenvalue weighted by Crippen LogP contribution is -2.12. The second-order valence-corrected chi connectivity index (χ2v) is 6.09. The number of allylic oxidation sites excluding steroid dienone is 1. The van der Waals surface area contributed by atoms with E-state index in [2.05, 4.69) is 28.2 Å². The highest BCUT2D eigenvalue weighted by atomic mass is 16.1. The molecule has 1 aromatic heterocycles. The van der Waals surface area contributed by atoms with Gasteiger partial charge in [-0.05, 0) is 59.8 Å². The molecule has 0 atom stereocenters. The van der Waals surface area contributed by atoms with Crippen LogP contribution in [0.25, 0.3) is 16.8 Å². The molecule has 1 aliphatic rings.